The molecule has 2 N–H and O–H groups in total. The molecule has 0 aliphatic heterocycles. The van der Waals surface area contributed by atoms with Gasteiger partial charge >= 0.3 is 0 Å². The van der Waals surface area contributed by atoms with Crippen LogP contribution in [0.4, 0.5) is 0 Å². The van der Waals surface area contributed by atoms with E-state index in [0.717, 1.165) is 47.9 Å². The maximum absolute atomic E-state index is 11.9. The summed E-state index contributed by atoms with van der Waals surface area (Å²) in [6.45, 7) is 6.83. The highest BCUT2D eigenvalue weighted by atomic mass is 16.5. The Morgan fingerprint density at radius 2 is 1.75 bits per heavy atom. The zero-order valence-electron chi connectivity index (χ0n) is 19.1. The Balaban J connectivity index is 1.55. The molecule has 6 heteroatoms. The molecule has 0 unspecified atom stereocenters. The van der Waals surface area contributed by atoms with Gasteiger partial charge in [0.05, 0.1) is 20.2 Å². The van der Waals surface area contributed by atoms with Gasteiger partial charge in [-0.1, -0.05) is 42.5 Å². The van der Waals surface area contributed by atoms with Crippen molar-refractivity contribution in [2.45, 2.75) is 33.4 Å². The molecule has 0 aliphatic carbocycles. The molecule has 0 aliphatic rings. The molecule has 6 nitrogen and oxygen atoms in total. The molecule has 1 aromatic heterocycles. The quantitative estimate of drug-likeness (QED) is 0.401. The van der Waals surface area contributed by atoms with E-state index >= 15 is 0 Å². The Kier molecular flexibility index (Phi) is 8.49. The standard InChI is InChI=1S/C26H32N4O2/c1-4-27-26(28-15-14-21-9-8-20(2)24(17-21)32-3)29-18-22-10-12-23(13-11-22)19-30-16-6-5-7-25(30)31/h5-13,16-17H,4,14-15,18-19H2,1-3H3,(H2,27,28,29). The Hall–Kier alpha value is -3.54. The number of guanidine groups is 1. The Bertz CT molecular complexity index is 1090. The molecule has 0 radical (unpaired) electrons. The normalized spacial score (nSPS) is 11.3. The van der Waals surface area contributed by atoms with Crippen LogP contribution in [0.2, 0.25) is 0 Å². The fourth-order valence-corrected chi connectivity index (χ4v) is 3.40. The molecule has 0 spiro atoms. The van der Waals surface area contributed by atoms with E-state index in [1.54, 1.807) is 23.8 Å². The maximum atomic E-state index is 11.9. The molecular formula is C26H32N4O2. The van der Waals surface area contributed by atoms with Gasteiger partial charge in [0.25, 0.3) is 5.56 Å². The van der Waals surface area contributed by atoms with Crippen LogP contribution in [0, 0.1) is 6.92 Å². The van der Waals surface area contributed by atoms with Gasteiger partial charge in [0, 0.05) is 25.4 Å². The minimum atomic E-state index is 0.00612. The van der Waals surface area contributed by atoms with Crippen LogP contribution in [-0.2, 0) is 19.5 Å². The summed E-state index contributed by atoms with van der Waals surface area (Å²) in [4.78, 5) is 16.6. The zero-order valence-corrected chi connectivity index (χ0v) is 19.1. The van der Waals surface area contributed by atoms with Crippen LogP contribution in [0.15, 0.2) is 76.6 Å². The lowest BCUT2D eigenvalue weighted by Crippen LogP contribution is -2.38. The molecular weight excluding hydrogens is 400 g/mol. The van der Waals surface area contributed by atoms with Crippen molar-refractivity contribution in [3.8, 4) is 5.75 Å². The summed E-state index contributed by atoms with van der Waals surface area (Å²) in [6, 6.07) is 19.7. The third-order valence-electron chi connectivity index (χ3n) is 5.22. The van der Waals surface area contributed by atoms with Crippen molar-refractivity contribution in [2.75, 3.05) is 20.2 Å². The lowest BCUT2D eigenvalue weighted by atomic mass is 10.1. The molecule has 3 aromatic rings. The topological polar surface area (TPSA) is 67.7 Å². The van der Waals surface area contributed by atoms with Crippen molar-refractivity contribution in [1.29, 1.82) is 0 Å². The average molecular weight is 433 g/mol. The minimum Gasteiger partial charge on any atom is -0.496 e. The van der Waals surface area contributed by atoms with Crippen molar-refractivity contribution in [3.05, 3.63) is 99.5 Å². The van der Waals surface area contributed by atoms with E-state index in [4.69, 9.17) is 9.73 Å². The Morgan fingerprint density at radius 3 is 2.47 bits per heavy atom. The van der Waals surface area contributed by atoms with Crippen LogP contribution in [0.5, 0.6) is 5.75 Å². The number of pyridine rings is 1. The van der Waals surface area contributed by atoms with E-state index in [1.165, 1.54) is 5.56 Å². The van der Waals surface area contributed by atoms with Gasteiger partial charge < -0.3 is 19.9 Å². The molecule has 3 rings (SSSR count). The third-order valence-corrected chi connectivity index (χ3v) is 5.22. The average Bonchev–Trinajstić information content (AvgIpc) is 2.81. The van der Waals surface area contributed by atoms with Gasteiger partial charge in [-0.15, -0.1) is 0 Å². The van der Waals surface area contributed by atoms with Gasteiger partial charge in [0.1, 0.15) is 5.75 Å². The van der Waals surface area contributed by atoms with E-state index in [-0.39, 0.29) is 5.56 Å². The summed E-state index contributed by atoms with van der Waals surface area (Å²) in [5.74, 6) is 1.72. The first-order chi connectivity index (χ1) is 15.6. The second-order valence-corrected chi connectivity index (χ2v) is 7.66. The van der Waals surface area contributed by atoms with Gasteiger partial charge in [0.15, 0.2) is 5.96 Å². The fraction of sp³-hybridized carbons (Fsp3) is 0.308. The predicted octanol–water partition coefficient (Wildman–Crippen LogP) is 3.51. The number of aliphatic imine (C=N–C) groups is 1. The van der Waals surface area contributed by atoms with Gasteiger partial charge in [0.2, 0.25) is 0 Å². The highest BCUT2D eigenvalue weighted by molar-refractivity contribution is 5.79. The first kappa shape index (κ1) is 23.1. The largest absolute Gasteiger partial charge is 0.496 e. The number of nitrogens with one attached hydrogen (secondary N) is 2. The number of nitrogens with zero attached hydrogens (tertiary/aromatic N) is 2. The molecule has 0 saturated carbocycles. The second kappa shape index (κ2) is 11.7. The van der Waals surface area contributed by atoms with Crippen LogP contribution in [0.25, 0.3) is 0 Å². The highest BCUT2D eigenvalue weighted by Gasteiger charge is 2.03. The van der Waals surface area contributed by atoms with Crippen molar-refractivity contribution >= 4 is 5.96 Å². The van der Waals surface area contributed by atoms with Gasteiger partial charge in [-0.25, -0.2) is 4.99 Å². The monoisotopic (exact) mass is 432 g/mol. The molecule has 2 aromatic carbocycles. The summed E-state index contributed by atoms with van der Waals surface area (Å²) >= 11 is 0. The molecule has 0 fully saturated rings. The minimum absolute atomic E-state index is 0.00612. The van der Waals surface area contributed by atoms with E-state index in [2.05, 4.69) is 60.0 Å². The number of aromatic nitrogens is 1. The van der Waals surface area contributed by atoms with Crippen molar-refractivity contribution in [1.82, 2.24) is 15.2 Å². The highest BCUT2D eigenvalue weighted by Crippen LogP contribution is 2.19. The SMILES string of the molecule is CCNC(=NCc1ccc(Cn2ccccc2=O)cc1)NCCc1ccc(C)c(OC)c1. The van der Waals surface area contributed by atoms with Gasteiger partial charge in [-0.3, -0.25) is 4.79 Å². The molecule has 168 valence electrons. The second-order valence-electron chi connectivity index (χ2n) is 7.66. The van der Waals surface area contributed by atoms with E-state index in [0.29, 0.717) is 13.1 Å². The zero-order chi connectivity index (χ0) is 22.8. The molecule has 0 amide bonds. The maximum Gasteiger partial charge on any atom is 0.250 e. The number of hydrogen-bond donors (Lipinski definition) is 2. The van der Waals surface area contributed by atoms with Crippen LogP contribution in [0.1, 0.15) is 29.2 Å². The van der Waals surface area contributed by atoms with Crippen molar-refractivity contribution in [2.24, 2.45) is 4.99 Å². The van der Waals surface area contributed by atoms with E-state index in [9.17, 15) is 4.79 Å². The summed E-state index contributed by atoms with van der Waals surface area (Å²) in [6.07, 6.45) is 2.69. The van der Waals surface area contributed by atoms with Crippen LogP contribution in [-0.4, -0.2) is 30.7 Å². The van der Waals surface area contributed by atoms with E-state index < -0.39 is 0 Å². The number of aryl methyl sites for hydroxylation is 1. The lowest BCUT2D eigenvalue weighted by Gasteiger charge is -2.12. The smallest absolute Gasteiger partial charge is 0.250 e. The van der Waals surface area contributed by atoms with Crippen molar-refractivity contribution in [3.63, 3.8) is 0 Å². The summed E-state index contributed by atoms with van der Waals surface area (Å²) < 4.78 is 7.11. The van der Waals surface area contributed by atoms with Gasteiger partial charge in [-0.05, 0) is 54.7 Å². The van der Waals surface area contributed by atoms with Crippen LogP contribution < -0.4 is 20.9 Å². The molecule has 0 atom stereocenters. The summed E-state index contributed by atoms with van der Waals surface area (Å²) in [5.41, 5.74) is 4.58. The first-order valence-electron chi connectivity index (χ1n) is 11.0. The third kappa shape index (κ3) is 6.74. The number of rotatable bonds is 9. The number of benzene rings is 2. The predicted molar refractivity (Wildman–Crippen MR) is 130 cm³/mol. The summed E-state index contributed by atoms with van der Waals surface area (Å²) in [5, 5.41) is 6.70. The number of methoxy groups -OCH3 is 1. The fourth-order valence-electron chi connectivity index (χ4n) is 3.40. The Labute approximate surface area is 190 Å². The molecule has 0 bridgehead atoms. The van der Waals surface area contributed by atoms with E-state index in [1.807, 2.05) is 19.2 Å². The molecule has 1 heterocycles. The number of ether oxygens (including phenoxy) is 1. The molecule has 32 heavy (non-hydrogen) atoms. The first-order valence-corrected chi connectivity index (χ1v) is 11.0. The van der Waals surface area contributed by atoms with Crippen molar-refractivity contribution < 1.29 is 4.74 Å². The van der Waals surface area contributed by atoms with Crippen LogP contribution in [0.3, 0.4) is 0 Å². The lowest BCUT2D eigenvalue weighted by molar-refractivity contribution is 0.411. The van der Waals surface area contributed by atoms with Crippen LogP contribution >= 0.6 is 0 Å². The summed E-state index contributed by atoms with van der Waals surface area (Å²) in [7, 11) is 1.70. The number of hydrogen-bond acceptors (Lipinski definition) is 3. The molecule has 0 saturated heterocycles. The van der Waals surface area contributed by atoms with Gasteiger partial charge in [-0.2, -0.15) is 0 Å². The Morgan fingerprint density at radius 1 is 1.00 bits per heavy atom.